The van der Waals surface area contributed by atoms with Gasteiger partial charge < -0.3 is 4.74 Å². The van der Waals surface area contributed by atoms with Crippen LogP contribution in [-0.4, -0.2) is 36.3 Å². The summed E-state index contributed by atoms with van der Waals surface area (Å²) in [4.78, 5) is 15.7. The summed E-state index contributed by atoms with van der Waals surface area (Å²) in [5.74, 6) is 0.270. The van der Waals surface area contributed by atoms with Gasteiger partial charge in [-0.25, -0.2) is 4.98 Å². The molecule has 2 rings (SSSR count). The molecule has 0 aromatic carbocycles. The van der Waals surface area contributed by atoms with E-state index in [4.69, 9.17) is 16.3 Å². The molecule has 0 aliphatic carbocycles. The van der Waals surface area contributed by atoms with Crippen molar-refractivity contribution < 1.29 is 4.74 Å². The number of allylic oxidation sites excluding steroid dienone is 1. The van der Waals surface area contributed by atoms with Crippen molar-refractivity contribution in [1.82, 2.24) is 29.7 Å². The number of hydrogen-bond donors (Lipinski definition) is 0. The predicted octanol–water partition coefficient (Wildman–Crippen LogP) is 1.45. The minimum Gasteiger partial charge on any atom is -0.463 e. The summed E-state index contributed by atoms with van der Waals surface area (Å²) in [5.41, 5.74) is 0. The van der Waals surface area contributed by atoms with Crippen molar-refractivity contribution in [2.24, 2.45) is 0 Å². The zero-order chi connectivity index (χ0) is 12.8. The average Bonchev–Trinajstić information content (AvgIpc) is 2.88. The number of hydrogen-bond acceptors (Lipinski definition) is 6. The van der Waals surface area contributed by atoms with Gasteiger partial charge in [0.15, 0.2) is 0 Å². The van der Waals surface area contributed by atoms with E-state index >= 15 is 0 Å². The molecule has 2 aromatic heterocycles. The maximum Gasteiger partial charge on any atom is 0.322 e. The van der Waals surface area contributed by atoms with Crippen LogP contribution in [0.3, 0.4) is 0 Å². The summed E-state index contributed by atoms with van der Waals surface area (Å²) < 4.78 is 6.75. The maximum atomic E-state index is 5.79. The van der Waals surface area contributed by atoms with Crippen LogP contribution in [0, 0.1) is 0 Å². The summed E-state index contributed by atoms with van der Waals surface area (Å²) in [6.07, 6.45) is 6.38. The summed E-state index contributed by atoms with van der Waals surface area (Å²) in [6, 6.07) is 0.171. The third-order valence-corrected chi connectivity index (χ3v) is 2.15. The molecule has 2 heterocycles. The van der Waals surface area contributed by atoms with Gasteiger partial charge in [-0.3, -0.25) is 0 Å². The van der Waals surface area contributed by atoms with E-state index in [9.17, 15) is 0 Å². The average molecular weight is 267 g/mol. The number of aromatic nitrogens is 6. The van der Waals surface area contributed by atoms with Gasteiger partial charge in [0.1, 0.15) is 12.7 Å². The lowest BCUT2D eigenvalue weighted by atomic mass is 10.3. The van der Waals surface area contributed by atoms with Crippen molar-refractivity contribution in [3.05, 3.63) is 30.6 Å². The highest BCUT2D eigenvalue weighted by atomic mass is 35.5. The molecule has 7 nitrogen and oxygen atoms in total. The van der Waals surface area contributed by atoms with Crippen molar-refractivity contribution in [1.29, 1.82) is 0 Å². The summed E-state index contributed by atoms with van der Waals surface area (Å²) in [5, 5.41) is 3.95. The molecule has 2 aromatic rings. The van der Waals surface area contributed by atoms with Crippen molar-refractivity contribution >= 4 is 11.6 Å². The molecular formula is C10H11ClN6O. The molecule has 0 bridgehead atoms. The van der Waals surface area contributed by atoms with Crippen LogP contribution >= 0.6 is 11.6 Å². The van der Waals surface area contributed by atoms with Crippen LogP contribution in [0.5, 0.6) is 6.01 Å². The summed E-state index contributed by atoms with van der Waals surface area (Å²) in [7, 11) is 0. The van der Waals surface area contributed by atoms with Crippen LogP contribution in [0.25, 0.3) is 5.95 Å². The Hall–Kier alpha value is -2.02. The Morgan fingerprint density at radius 1 is 1.39 bits per heavy atom. The number of ether oxygens (including phenoxy) is 1. The van der Waals surface area contributed by atoms with Gasteiger partial charge in [0, 0.05) is 0 Å². The maximum absolute atomic E-state index is 5.79. The first-order chi connectivity index (χ1) is 8.79. The Labute approximate surface area is 109 Å². The van der Waals surface area contributed by atoms with E-state index in [1.807, 2.05) is 6.08 Å². The van der Waals surface area contributed by atoms with Gasteiger partial charge in [-0.05, 0) is 24.4 Å². The molecule has 0 saturated heterocycles. The topological polar surface area (TPSA) is 78.6 Å². The first-order valence-corrected chi connectivity index (χ1v) is 5.67. The van der Waals surface area contributed by atoms with E-state index in [-0.39, 0.29) is 17.2 Å². The van der Waals surface area contributed by atoms with Gasteiger partial charge in [-0.1, -0.05) is 6.08 Å². The van der Waals surface area contributed by atoms with Crippen molar-refractivity contribution in [3.8, 4) is 12.0 Å². The van der Waals surface area contributed by atoms with Gasteiger partial charge in [-0.15, -0.1) is 6.58 Å². The lowest BCUT2D eigenvalue weighted by Gasteiger charge is -2.05. The van der Waals surface area contributed by atoms with Gasteiger partial charge in [0.05, 0.1) is 6.61 Å². The highest BCUT2D eigenvalue weighted by Crippen LogP contribution is 2.10. The Balaban J connectivity index is 2.09. The Morgan fingerprint density at radius 3 is 3.00 bits per heavy atom. The Bertz CT molecular complexity index is 515. The van der Waals surface area contributed by atoms with Gasteiger partial charge in [0.2, 0.25) is 5.28 Å². The van der Waals surface area contributed by atoms with Crippen LogP contribution in [0.15, 0.2) is 25.3 Å². The molecule has 0 N–H and O–H groups in total. The zero-order valence-corrected chi connectivity index (χ0v) is 10.3. The van der Waals surface area contributed by atoms with Crippen molar-refractivity contribution in [2.45, 2.75) is 12.8 Å². The third-order valence-electron chi connectivity index (χ3n) is 1.98. The molecule has 0 atom stereocenters. The number of halogens is 1. The molecule has 0 fully saturated rings. The third kappa shape index (κ3) is 3.24. The Kier molecular flexibility index (Phi) is 4.19. The molecule has 0 aliphatic heterocycles. The fraction of sp³-hybridized carbons (Fsp3) is 0.300. The van der Waals surface area contributed by atoms with E-state index in [1.165, 1.54) is 17.3 Å². The number of nitrogens with zero attached hydrogens (tertiary/aromatic N) is 6. The minimum atomic E-state index is 0.0502. The number of rotatable bonds is 6. The van der Waals surface area contributed by atoms with Crippen LogP contribution in [-0.2, 0) is 0 Å². The van der Waals surface area contributed by atoms with Crippen LogP contribution in [0.4, 0.5) is 0 Å². The SMILES string of the molecule is C=CCCCOc1nc(Cl)nc(-n2cncn2)n1. The molecule has 94 valence electrons. The van der Waals surface area contributed by atoms with Gasteiger partial charge in [0.25, 0.3) is 5.95 Å². The predicted molar refractivity (Wildman–Crippen MR) is 64.7 cm³/mol. The van der Waals surface area contributed by atoms with Gasteiger partial charge >= 0.3 is 6.01 Å². The van der Waals surface area contributed by atoms with Crippen LogP contribution in [0.2, 0.25) is 5.28 Å². The first kappa shape index (κ1) is 12.4. The molecule has 0 amide bonds. The molecule has 18 heavy (non-hydrogen) atoms. The van der Waals surface area contributed by atoms with E-state index in [0.29, 0.717) is 6.61 Å². The molecule has 0 unspecified atom stereocenters. The monoisotopic (exact) mass is 266 g/mol. The lowest BCUT2D eigenvalue weighted by molar-refractivity contribution is 0.286. The fourth-order valence-corrected chi connectivity index (χ4v) is 1.34. The quantitative estimate of drug-likeness (QED) is 0.582. The molecule has 0 aliphatic rings. The van der Waals surface area contributed by atoms with Crippen molar-refractivity contribution in [3.63, 3.8) is 0 Å². The second-order valence-corrected chi connectivity index (χ2v) is 3.64. The highest BCUT2D eigenvalue weighted by molar-refractivity contribution is 6.28. The highest BCUT2D eigenvalue weighted by Gasteiger charge is 2.08. The zero-order valence-electron chi connectivity index (χ0n) is 9.53. The lowest BCUT2D eigenvalue weighted by Crippen LogP contribution is -2.07. The normalized spacial score (nSPS) is 10.3. The largest absolute Gasteiger partial charge is 0.463 e. The molecule has 0 saturated carbocycles. The van der Waals surface area contributed by atoms with E-state index < -0.39 is 0 Å². The second-order valence-electron chi connectivity index (χ2n) is 3.31. The molecule has 0 radical (unpaired) electrons. The molecule has 0 spiro atoms. The minimum absolute atomic E-state index is 0.0502. The van der Waals surface area contributed by atoms with Crippen LogP contribution < -0.4 is 4.74 Å². The van der Waals surface area contributed by atoms with E-state index in [2.05, 4.69) is 31.6 Å². The fourth-order valence-electron chi connectivity index (χ4n) is 1.19. The molecule has 8 heteroatoms. The summed E-state index contributed by atoms with van der Waals surface area (Å²) >= 11 is 5.79. The Morgan fingerprint density at radius 2 is 2.28 bits per heavy atom. The standard InChI is InChI=1S/C10H11ClN6O/c1-2-3-4-5-18-10-15-8(11)14-9(16-10)17-7-12-6-13-17/h2,6-7H,1,3-5H2. The van der Waals surface area contributed by atoms with Crippen LogP contribution in [0.1, 0.15) is 12.8 Å². The first-order valence-electron chi connectivity index (χ1n) is 5.30. The van der Waals surface area contributed by atoms with E-state index in [0.717, 1.165) is 12.8 Å². The van der Waals surface area contributed by atoms with Gasteiger partial charge in [-0.2, -0.15) is 24.7 Å². The van der Waals surface area contributed by atoms with E-state index in [1.54, 1.807) is 0 Å². The molecular weight excluding hydrogens is 256 g/mol. The number of unbranched alkanes of at least 4 members (excludes halogenated alkanes) is 1. The smallest absolute Gasteiger partial charge is 0.322 e. The van der Waals surface area contributed by atoms with Crippen molar-refractivity contribution in [2.75, 3.05) is 6.61 Å². The summed E-state index contributed by atoms with van der Waals surface area (Å²) in [6.45, 7) is 4.12. The second kappa shape index (κ2) is 6.06.